The first-order valence-electron chi connectivity index (χ1n) is 5.94. The second-order valence-corrected chi connectivity index (χ2v) is 6.09. The highest BCUT2D eigenvalue weighted by molar-refractivity contribution is 7.89. The molecule has 0 aliphatic carbocycles. The molecule has 0 spiro atoms. The molecule has 0 unspecified atom stereocenters. The number of amides is 1. The van der Waals surface area contributed by atoms with Crippen molar-refractivity contribution in [3.63, 3.8) is 0 Å². The zero-order valence-electron chi connectivity index (χ0n) is 11.0. The predicted molar refractivity (Wildman–Crippen MR) is 72.8 cm³/mol. The van der Waals surface area contributed by atoms with Gasteiger partial charge < -0.3 is 11.1 Å². The average molecular weight is 285 g/mol. The van der Waals surface area contributed by atoms with E-state index in [9.17, 15) is 13.2 Å². The topological polar surface area (TPSA) is 101 Å². The van der Waals surface area contributed by atoms with E-state index in [2.05, 4.69) is 10.0 Å². The Hall–Kier alpha value is -1.44. The summed E-state index contributed by atoms with van der Waals surface area (Å²) in [6.07, 6.45) is 0. The molecule has 0 aliphatic rings. The van der Waals surface area contributed by atoms with Crippen LogP contribution < -0.4 is 15.8 Å². The summed E-state index contributed by atoms with van der Waals surface area (Å²) in [5.74, 6) is -0.371. The first-order chi connectivity index (χ1) is 8.86. The number of benzene rings is 1. The van der Waals surface area contributed by atoms with Gasteiger partial charge in [-0.1, -0.05) is 18.2 Å². The Morgan fingerprint density at radius 1 is 1.32 bits per heavy atom. The number of hydrogen-bond donors (Lipinski definition) is 3. The molecule has 0 bridgehead atoms. The van der Waals surface area contributed by atoms with Crippen molar-refractivity contribution in [3.8, 4) is 0 Å². The molecule has 1 amide bonds. The minimum atomic E-state index is -3.72. The van der Waals surface area contributed by atoms with Crippen LogP contribution in [0.2, 0.25) is 0 Å². The van der Waals surface area contributed by atoms with Crippen molar-refractivity contribution < 1.29 is 13.2 Å². The monoisotopic (exact) mass is 285 g/mol. The van der Waals surface area contributed by atoms with E-state index in [1.165, 1.54) is 6.07 Å². The van der Waals surface area contributed by atoms with Gasteiger partial charge in [-0.15, -0.1) is 0 Å². The van der Waals surface area contributed by atoms with Gasteiger partial charge in [-0.25, -0.2) is 13.1 Å². The Bertz CT molecular complexity index is 541. The lowest BCUT2D eigenvalue weighted by Gasteiger charge is -2.11. The molecular formula is C12H19N3O3S. The Morgan fingerprint density at radius 3 is 2.53 bits per heavy atom. The summed E-state index contributed by atoms with van der Waals surface area (Å²) in [5, 5.41) is 2.60. The molecule has 1 aromatic carbocycles. The number of carbonyl (C=O) groups excluding carboxylic acids is 1. The third kappa shape index (κ3) is 4.62. The van der Waals surface area contributed by atoms with Crippen molar-refractivity contribution in [3.05, 3.63) is 29.8 Å². The lowest BCUT2D eigenvalue weighted by molar-refractivity contribution is -0.120. The second kappa shape index (κ2) is 6.65. The van der Waals surface area contributed by atoms with Crippen molar-refractivity contribution in [2.45, 2.75) is 31.3 Å². The summed E-state index contributed by atoms with van der Waals surface area (Å²) >= 11 is 0. The van der Waals surface area contributed by atoms with Gasteiger partial charge in [-0.3, -0.25) is 4.79 Å². The van der Waals surface area contributed by atoms with Crippen LogP contribution in [0.4, 0.5) is 0 Å². The van der Waals surface area contributed by atoms with Gasteiger partial charge in [0.25, 0.3) is 0 Å². The summed E-state index contributed by atoms with van der Waals surface area (Å²) in [7, 11) is -3.72. The maximum absolute atomic E-state index is 12.1. The number of rotatable bonds is 6. The van der Waals surface area contributed by atoms with Crippen LogP contribution in [-0.2, 0) is 21.4 Å². The number of hydrogen-bond acceptors (Lipinski definition) is 4. The highest BCUT2D eigenvalue weighted by Gasteiger charge is 2.18. The molecule has 0 aromatic heterocycles. The Balaban J connectivity index is 2.79. The third-order valence-corrected chi connectivity index (χ3v) is 3.86. The van der Waals surface area contributed by atoms with Crippen LogP contribution in [0, 0.1) is 0 Å². The van der Waals surface area contributed by atoms with E-state index >= 15 is 0 Å². The van der Waals surface area contributed by atoms with Crippen molar-refractivity contribution in [2.75, 3.05) is 6.54 Å². The fraction of sp³-hybridized carbons (Fsp3) is 0.417. The molecule has 7 heteroatoms. The molecule has 0 saturated heterocycles. The molecule has 1 aromatic rings. The van der Waals surface area contributed by atoms with Gasteiger partial charge >= 0.3 is 0 Å². The van der Waals surface area contributed by atoms with E-state index in [1.807, 2.05) is 0 Å². The largest absolute Gasteiger partial charge is 0.353 e. The van der Waals surface area contributed by atoms with Crippen LogP contribution in [0.25, 0.3) is 0 Å². The van der Waals surface area contributed by atoms with Crippen LogP contribution in [-0.4, -0.2) is 26.9 Å². The summed E-state index contributed by atoms with van der Waals surface area (Å²) in [4.78, 5) is 11.5. The SMILES string of the molecule is CC(C)NC(=O)CNS(=O)(=O)c1ccccc1CN. The van der Waals surface area contributed by atoms with Gasteiger partial charge in [0.15, 0.2) is 0 Å². The highest BCUT2D eigenvalue weighted by atomic mass is 32.2. The van der Waals surface area contributed by atoms with Gasteiger partial charge in [0.2, 0.25) is 15.9 Å². The molecule has 6 nitrogen and oxygen atoms in total. The molecule has 0 fully saturated rings. The van der Waals surface area contributed by atoms with Crippen molar-refractivity contribution in [2.24, 2.45) is 5.73 Å². The fourth-order valence-corrected chi connectivity index (χ4v) is 2.78. The normalized spacial score (nSPS) is 11.6. The molecule has 0 atom stereocenters. The highest BCUT2D eigenvalue weighted by Crippen LogP contribution is 2.14. The molecule has 19 heavy (non-hydrogen) atoms. The zero-order valence-corrected chi connectivity index (χ0v) is 11.8. The summed E-state index contributed by atoms with van der Waals surface area (Å²) in [6, 6.07) is 6.40. The molecule has 0 saturated carbocycles. The molecule has 4 N–H and O–H groups in total. The van der Waals surface area contributed by atoms with Gasteiger partial charge in [0.05, 0.1) is 11.4 Å². The van der Waals surface area contributed by atoms with Crippen molar-refractivity contribution in [1.29, 1.82) is 0 Å². The smallest absolute Gasteiger partial charge is 0.241 e. The second-order valence-electron chi connectivity index (χ2n) is 4.36. The fourth-order valence-electron chi connectivity index (χ4n) is 1.55. The molecule has 106 valence electrons. The summed E-state index contributed by atoms with van der Waals surface area (Å²) in [5.41, 5.74) is 6.01. The number of sulfonamides is 1. The third-order valence-electron chi connectivity index (χ3n) is 2.35. The first kappa shape index (κ1) is 15.6. The molecule has 0 radical (unpaired) electrons. The minimum Gasteiger partial charge on any atom is -0.353 e. The quantitative estimate of drug-likeness (QED) is 0.682. The van der Waals surface area contributed by atoms with Crippen LogP contribution in [0.15, 0.2) is 29.2 Å². The van der Waals surface area contributed by atoms with Gasteiger partial charge in [-0.2, -0.15) is 0 Å². The number of nitrogens with one attached hydrogen (secondary N) is 2. The Morgan fingerprint density at radius 2 is 1.95 bits per heavy atom. The van der Waals surface area contributed by atoms with E-state index in [-0.39, 0.29) is 29.9 Å². The van der Waals surface area contributed by atoms with Crippen molar-refractivity contribution >= 4 is 15.9 Å². The Labute approximate surface area is 113 Å². The van der Waals surface area contributed by atoms with Crippen LogP contribution >= 0.6 is 0 Å². The van der Waals surface area contributed by atoms with Crippen molar-refractivity contribution in [1.82, 2.24) is 10.0 Å². The number of nitrogens with two attached hydrogens (primary N) is 1. The maximum atomic E-state index is 12.1. The molecular weight excluding hydrogens is 266 g/mol. The zero-order chi connectivity index (χ0) is 14.5. The molecule has 0 heterocycles. The van der Waals surface area contributed by atoms with E-state index < -0.39 is 10.0 Å². The minimum absolute atomic E-state index is 0.0340. The summed E-state index contributed by atoms with van der Waals surface area (Å²) in [6.45, 7) is 3.43. The van der Waals surface area contributed by atoms with E-state index in [0.29, 0.717) is 5.56 Å². The van der Waals surface area contributed by atoms with E-state index in [0.717, 1.165) is 0 Å². The van der Waals surface area contributed by atoms with E-state index in [1.54, 1.807) is 32.0 Å². The van der Waals surface area contributed by atoms with Crippen LogP contribution in [0.5, 0.6) is 0 Å². The Kier molecular flexibility index (Phi) is 5.46. The molecule has 1 rings (SSSR count). The average Bonchev–Trinajstić information content (AvgIpc) is 2.36. The lowest BCUT2D eigenvalue weighted by Crippen LogP contribution is -2.40. The van der Waals surface area contributed by atoms with Crippen LogP contribution in [0.1, 0.15) is 19.4 Å². The van der Waals surface area contributed by atoms with Crippen LogP contribution in [0.3, 0.4) is 0 Å². The predicted octanol–water partition coefficient (Wildman–Crippen LogP) is -0.0518. The maximum Gasteiger partial charge on any atom is 0.241 e. The van der Waals surface area contributed by atoms with Gasteiger partial charge in [-0.05, 0) is 25.5 Å². The van der Waals surface area contributed by atoms with Gasteiger partial charge in [0, 0.05) is 12.6 Å². The standard InChI is InChI=1S/C12H19N3O3S/c1-9(2)15-12(16)8-14-19(17,18)11-6-4-3-5-10(11)7-13/h3-6,9,14H,7-8,13H2,1-2H3,(H,15,16). The summed E-state index contributed by atoms with van der Waals surface area (Å²) < 4.78 is 26.4. The van der Waals surface area contributed by atoms with Gasteiger partial charge in [0.1, 0.15) is 0 Å². The first-order valence-corrected chi connectivity index (χ1v) is 7.42. The van der Waals surface area contributed by atoms with E-state index in [4.69, 9.17) is 5.73 Å². The lowest BCUT2D eigenvalue weighted by atomic mass is 10.2. The number of carbonyl (C=O) groups is 1. The molecule has 0 aliphatic heterocycles.